The van der Waals surface area contributed by atoms with Crippen LogP contribution in [0.2, 0.25) is 0 Å². The molecular weight excluding hydrogens is 256 g/mol. The summed E-state index contributed by atoms with van der Waals surface area (Å²) >= 11 is 0. The molecule has 1 aromatic carbocycles. The first kappa shape index (κ1) is 12.2. The fourth-order valence-electron chi connectivity index (χ4n) is 1.79. The summed E-state index contributed by atoms with van der Waals surface area (Å²) in [6.45, 7) is 1.97. The van der Waals surface area contributed by atoms with Crippen molar-refractivity contribution in [3.63, 3.8) is 0 Å². The lowest BCUT2D eigenvalue weighted by atomic mass is 10.2. The third-order valence-corrected chi connectivity index (χ3v) is 2.85. The SMILES string of the molecule is Cc1ccnc(-c2noc(-c3ccc(O)c(N)c3)n2)c1. The Bertz CT molecular complexity index is 767. The highest BCUT2D eigenvalue weighted by molar-refractivity contribution is 5.66. The van der Waals surface area contributed by atoms with Crippen molar-refractivity contribution in [1.82, 2.24) is 15.1 Å². The number of phenols is 1. The van der Waals surface area contributed by atoms with E-state index in [1.54, 1.807) is 18.3 Å². The van der Waals surface area contributed by atoms with E-state index in [1.165, 1.54) is 6.07 Å². The molecule has 3 rings (SSSR count). The molecule has 2 heterocycles. The Kier molecular flexibility index (Phi) is 2.83. The minimum atomic E-state index is 0.0221. The molecule has 20 heavy (non-hydrogen) atoms. The number of nitrogens with zero attached hydrogens (tertiary/aromatic N) is 3. The minimum Gasteiger partial charge on any atom is -0.506 e. The molecule has 0 aliphatic carbocycles. The van der Waals surface area contributed by atoms with Crippen LogP contribution in [0, 0.1) is 6.92 Å². The quantitative estimate of drug-likeness (QED) is 0.547. The molecule has 0 saturated carbocycles. The van der Waals surface area contributed by atoms with Gasteiger partial charge in [-0.2, -0.15) is 4.98 Å². The number of nitrogen functional groups attached to an aromatic ring is 1. The van der Waals surface area contributed by atoms with Gasteiger partial charge in [0.25, 0.3) is 5.89 Å². The summed E-state index contributed by atoms with van der Waals surface area (Å²) in [5.74, 6) is 0.763. The van der Waals surface area contributed by atoms with Gasteiger partial charge in [0.05, 0.1) is 5.69 Å². The molecule has 2 aromatic heterocycles. The average Bonchev–Trinajstić information content (AvgIpc) is 2.92. The van der Waals surface area contributed by atoms with Gasteiger partial charge in [0.1, 0.15) is 11.4 Å². The van der Waals surface area contributed by atoms with E-state index >= 15 is 0 Å². The van der Waals surface area contributed by atoms with Gasteiger partial charge in [0.2, 0.25) is 5.82 Å². The van der Waals surface area contributed by atoms with Crippen molar-refractivity contribution >= 4 is 5.69 Å². The number of anilines is 1. The van der Waals surface area contributed by atoms with Gasteiger partial charge in [-0.05, 0) is 42.8 Å². The molecule has 0 bridgehead atoms. The number of phenolic OH excluding ortho intramolecular Hbond substituents is 1. The first-order chi connectivity index (χ1) is 9.63. The molecule has 0 unspecified atom stereocenters. The molecule has 0 saturated heterocycles. The Morgan fingerprint density at radius 2 is 2.05 bits per heavy atom. The largest absolute Gasteiger partial charge is 0.506 e. The van der Waals surface area contributed by atoms with E-state index in [0.29, 0.717) is 23.0 Å². The summed E-state index contributed by atoms with van der Waals surface area (Å²) in [5, 5.41) is 13.3. The zero-order chi connectivity index (χ0) is 14.1. The van der Waals surface area contributed by atoms with Crippen molar-refractivity contribution < 1.29 is 9.63 Å². The van der Waals surface area contributed by atoms with Crippen LogP contribution >= 0.6 is 0 Å². The predicted octanol–water partition coefficient (Wildman–Crippen LogP) is 2.39. The summed E-state index contributed by atoms with van der Waals surface area (Å²) in [5.41, 5.74) is 8.26. The molecule has 100 valence electrons. The van der Waals surface area contributed by atoms with Crippen LogP contribution in [0.4, 0.5) is 5.69 Å². The number of nitrogens with two attached hydrogens (primary N) is 1. The number of rotatable bonds is 2. The molecule has 0 aliphatic heterocycles. The maximum absolute atomic E-state index is 9.40. The van der Waals surface area contributed by atoms with Crippen LogP contribution in [0.15, 0.2) is 41.1 Å². The lowest BCUT2D eigenvalue weighted by Crippen LogP contribution is -1.88. The van der Waals surface area contributed by atoms with Gasteiger partial charge in [-0.3, -0.25) is 4.98 Å². The van der Waals surface area contributed by atoms with E-state index in [-0.39, 0.29) is 11.4 Å². The second-order valence-corrected chi connectivity index (χ2v) is 4.42. The maximum Gasteiger partial charge on any atom is 0.258 e. The Hall–Kier alpha value is -2.89. The fraction of sp³-hybridized carbons (Fsp3) is 0.0714. The standard InChI is InChI=1S/C14H12N4O2/c1-8-4-5-16-11(6-8)13-17-14(20-18-13)9-2-3-12(19)10(15)7-9/h2-7,19H,15H2,1H3. The van der Waals surface area contributed by atoms with Gasteiger partial charge in [-0.1, -0.05) is 5.16 Å². The number of benzene rings is 1. The van der Waals surface area contributed by atoms with Crippen molar-refractivity contribution in [3.8, 4) is 28.7 Å². The number of hydrogen-bond donors (Lipinski definition) is 2. The Morgan fingerprint density at radius 1 is 1.20 bits per heavy atom. The van der Waals surface area contributed by atoms with Crippen LogP contribution < -0.4 is 5.73 Å². The predicted molar refractivity (Wildman–Crippen MR) is 73.8 cm³/mol. The molecule has 0 radical (unpaired) electrons. The van der Waals surface area contributed by atoms with Crippen LogP contribution in [0.5, 0.6) is 5.75 Å². The van der Waals surface area contributed by atoms with Crippen LogP contribution in [0.1, 0.15) is 5.56 Å². The average molecular weight is 268 g/mol. The highest BCUT2D eigenvalue weighted by atomic mass is 16.5. The van der Waals surface area contributed by atoms with Crippen molar-refractivity contribution in [1.29, 1.82) is 0 Å². The second kappa shape index (κ2) is 4.65. The van der Waals surface area contributed by atoms with Gasteiger partial charge in [-0.25, -0.2) is 0 Å². The van der Waals surface area contributed by atoms with Gasteiger partial charge < -0.3 is 15.4 Å². The first-order valence-corrected chi connectivity index (χ1v) is 5.99. The molecule has 6 heteroatoms. The summed E-state index contributed by atoms with van der Waals surface area (Å²) in [4.78, 5) is 8.48. The molecular formula is C14H12N4O2. The lowest BCUT2D eigenvalue weighted by Gasteiger charge is -1.99. The molecule has 0 spiro atoms. The van der Waals surface area contributed by atoms with Gasteiger partial charge in [-0.15, -0.1) is 0 Å². The number of hydrogen-bond acceptors (Lipinski definition) is 6. The monoisotopic (exact) mass is 268 g/mol. The smallest absolute Gasteiger partial charge is 0.258 e. The first-order valence-electron chi connectivity index (χ1n) is 5.99. The third-order valence-electron chi connectivity index (χ3n) is 2.85. The van der Waals surface area contributed by atoms with E-state index in [4.69, 9.17) is 10.3 Å². The molecule has 3 N–H and O–H groups in total. The van der Waals surface area contributed by atoms with Gasteiger partial charge in [0, 0.05) is 11.8 Å². The summed E-state index contributed by atoms with van der Waals surface area (Å²) in [6, 6.07) is 8.49. The molecule has 3 aromatic rings. The molecule has 0 aliphatic rings. The van der Waals surface area contributed by atoms with Crippen molar-refractivity contribution in [3.05, 3.63) is 42.1 Å². The topological polar surface area (TPSA) is 98.1 Å². The van der Waals surface area contributed by atoms with Gasteiger partial charge >= 0.3 is 0 Å². The van der Waals surface area contributed by atoms with Gasteiger partial charge in [0.15, 0.2) is 0 Å². The molecule has 0 amide bonds. The van der Waals surface area contributed by atoms with Crippen LogP contribution in [-0.2, 0) is 0 Å². The maximum atomic E-state index is 9.40. The van der Waals surface area contributed by atoms with Crippen molar-refractivity contribution in [2.24, 2.45) is 0 Å². The number of pyridine rings is 1. The number of aromatic hydroxyl groups is 1. The molecule has 6 nitrogen and oxygen atoms in total. The summed E-state index contributed by atoms with van der Waals surface area (Å²) in [6.07, 6.45) is 1.69. The Labute approximate surface area is 114 Å². The van der Waals surface area contributed by atoms with Crippen molar-refractivity contribution in [2.75, 3.05) is 5.73 Å². The van der Waals surface area contributed by atoms with Crippen LogP contribution in [0.25, 0.3) is 23.0 Å². The van der Waals surface area contributed by atoms with Crippen molar-refractivity contribution in [2.45, 2.75) is 6.92 Å². The zero-order valence-electron chi connectivity index (χ0n) is 10.7. The second-order valence-electron chi connectivity index (χ2n) is 4.42. The third kappa shape index (κ3) is 2.18. The molecule has 0 atom stereocenters. The van der Waals surface area contributed by atoms with E-state index in [0.717, 1.165) is 5.56 Å². The van der Waals surface area contributed by atoms with Crippen LogP contribution in [0.3, 0.4) is 0 Å². The zero-order valence-corrected chi connectivity index (χ0v) is 10.7. The van der Waals surface area contributed by atoms with E-state index in [1.807, 2.05) is 19.1 Å². The lowest BCUT2D eigenvalue weighted by molar-refractivity contribution is 0.432. The highest BCUT2D eigenvalue weighted by Crippen LogP contribution is 2.27. The molecule has 0 fully saturated rings. The normalized spacial score (nSPS) is 10.7. The number of aromatic nitrogens is 3. The minimum absolute atomic E-state index is 0.0221. The van der Waals surface area contributed by atoms with E-state index in [9.17, 15) is 5.11 Å². The van der Waals surface area contributed by atoms with E-state index < -0.39 is 0 Å². The fourth-order valence-corrected chi connectivity index (χ4v) is 1.79. The summed E-state index contributed by atoms with van der Waals surface area (Å²) < 4.78 is 5.20. The Balaban J connectivity index is 1.99. The van der Waals surface area contributed by atoms with Crippen LogP contribution in [-0.4, -0.2) is 20.2 Å². The number of aryl methyl sites for hydroxylation is 1. The highest BCUT2D eigenvalue weighted by Gasteiger charge is 2.12. The van der Waals surface area contributed by atoms with E-state index in [2.05, 4.69) is 15.1 Å². The summed E-state index contributed by atoms with van der Waals surface area (Å²) in [7, 11) is 0. The Morgan fingerprint density at radius 3 is 2.80 bits per heavy atom.